The molecule has 0 amide bonds. The quantitative estimate of drug-likeness (QED) is 0.866. The maximum atomic E-state index is 12.1. The summed E-state index contributed by atoms with van der Waals surface area (Å²) in [6, 6.07) is 8.32. The molecule has 1 fully saturated rings. The van der Waals surface area contributed by atoms with Crippen molar-refractivity contribution in [3.05, 3.63) is 50.3 Å². The number of anilines is 1. The fourth-order valence-electron chi connectivity index (χ4n) is 3.56. The number of nitrogens with one attached hydrogen (secondary N) is 1. The highest BCUT2D eigenvalue weighted by molar-refractivity contribution is 5.82. The predicted molar refractivity (Wildman–Crippen MR) is 95.9 cm³/mol. The molecule has 1 saturated carbocycles. The van der Waals surface area contributed by atoms with Crippen molar-refractivity contribution in [2.24, 2.45) is 5.92 Å². The van der Waals surface area contributed by atoms with Crippen molar-refractivity contribution >= 4 is 5.69 Å². The van der Waals surface area contributed by atoms with Gasteiger partial charge in [0.1, 0.15) is 0 Å². The van der Waals surface area contributed by atoms with Gasteiger partial charge in [0.2, 0.25) is 10.9 Å². The number of hydrogen-bond acceptors (Lipinski definition) is 3. The van der Waals surface area contributed by atoms with Gasteiger partial charge in [0, 0.05) is 6.04 Å². The highest BCUT2D eigenvalue weighted by atomic mass is 16.2. The molecule has 1 aliphatic carbocycles. The molecular formula is C20H25NO2. The Balaban J connectivity index is 1.87. The van der Waals surface area contributed by atoms with Crippen LogP contribution in [0.2, 0.25) is 0 Å². The summed E-state index contributed by atoms with van der Waals surface area (Å²) in [5.74, 6) is 1.00. The van der Waals surface area contributed by atoms with E-state index in [4.69, 9.17) is 0 Å². The SMILES string of the molecule is CC(C)c1ccc(-c2c(NC3CCCCC3C)c(=O)c2=O)cc1. The van der Waals surface area contributed by atoms with Gasteiger partial charge in [0.25, 0.3) is 0 Å². The zero-order valence-electron chi connectivity index (χ0n) is 14.2. The van der Waals surface area contributed by atoms with Crippen LogP contribution in [0.3, 0.4) is 0 Å². The Kier molecular flexibility index (Phi) is 4.38. The van der Waals surface area contributed by atoms with Crippen molar-refractivity contribution in [3.63, 3.8) is 0 Å². The second-order valence-corrected chi connectivity index (χ2v) is 7.20. The lowest BCUT2D eigenvalue weighted by Gasteiger charge is -2.31. The van der Waals surface area contributed by atoms with E-state index in [9.17, 15) is 9.59 Å². The van der Waals surface area contributed by atoms with Gasteiger partial charge in [-0.05, 0) is 35.8 Å². The van der Waals surface area contributed by atoms with Crippen LogP contribution in [0.1, 0.15) is 57.9 Å². The maximum absolute atomic E-state index is 12.1. The second-order valence-electron chi connectivity index (χ2n) is 7.20. The summed E-state index contributed by atoms with van der Waals surface area (Å²) in [7, 11) is 0. The Morgan fingerprint density at radius 3 is 2.26 bits per heavy atom. The van der Waals surface area contributed by atoms with E-state index >= 15 is 0 Å². The zero-order valence-corrected chi connectivity index (χ0v) is 14.2. The molecule has 2 unspecified atom stereocenters. The first-order valence-electron chi connectivity index (χ1n) is 8.69. The number of hydrogen-bond donors (Lipinski definition) is 1. The molecule has 3 heteroatoms. The summed E-state index contributed by atoms with van der Waals surface area (Å²) in [5.41, 5.74) is 2.49. The van der Waals surface area contributed by atoms with Crippen molar-refractivity contribution in [3.8, 4) is 11.1 Å². The van der Waals surface area contributed by atoms with Crippen molar-refractivity contribution in [2.45, 2.75) is 58.4 Å². The van der Waals surface area contributed by atoms with E-state index in [1.54, 1.807) is 0 Å². The van der Waals surface area contributed by atoms with E-state index in [2.05, 4.69) is 26.1 Å². The molecule has 2 atom stereocenters. The summed E-state index contributed by atoms with van der Waals surface area (Å²) >= 11 is 0. The van der Waals surface area contributed by atoms with Crippen LogP contribution in [0.15, 0.2) is 33.9 Å². The predicted octanol–water partition coefficient (Wildman–Crippen LogP) is 4.06. The van der Waals surface area contributed by atoms with Crippen LogP contribution in [-0.4, -0.2) is 6.04 Å². The lowest BCUT2D eigenvalue weighted by Crippen LogP contribution is -2.41. The third kappa shape index (κ3) is 2.97. The first-order valence-corrected chi connectivity index (χ1v) is 8.69. The largest absolute Gasteiger partial charge is 0.378 e. The first-order chi connectivity index (χ1) is 11.0. The van der Waals surface area contributed by atoms with E-state index in [1.807, 2.05) is 24.3 Å². The Hall–Kier alpha value is -1.90. The Bertz CT molecular complexity index is 751. The highest BCUT2D eigenvalue weighted by Gasteiger charge is 2.27. The Morgan fingerprint density at radius 1 is 1.00 bits per heavy atom. The second kappa shape index (κ2) is 6.31. The van der Waals surface area contributed by atoms with Gasteiger partial charge < -0.3 is 5.32 Å². The average Bonchev–Trinajstić information content (AvgIpc) is 2.56. The molecule has 3 rings (SSSR count). The van der Waals surface area contributed by atoms with Gasteiger partial charge >= 0.3 is 0 Å². The lowest BCUT2D eigenvalue weighted by molar-refractivity contribution is 0.349. The summed E-state index contributed by atoms with van der Waals surface area (Å²) in [5, 5.41) is 3.38. The lowest BCUT2D eigenvalue weighted by atomic mass is 9.85. The molecule has 0 heterocycles. The van der Waals surface area contributed by atoms with Crippen LogP contribution in [0.4, 0.5) is 5.69 Å². The molecule has 3 nitrogen and oxygen atoms in total. The summed E-state index contributed by atoms with van der Waals surface area (Å²) < 4.78 is 0. The molecular weight excluding hydrogens is 286 g/mol. The smallest absolute Gasteiger partial charge is 0.250 e. The molecule has 0 radical (unpaired) electrons. The molecule has 2 aromatic rings. The molecule has 0 aromatic heterocycles. The van der Waals surface area contributed by atoms with Crippen molar-refractivity contribution in [1.29, 1.82) is 0 Å². The summed E-state index contributed by atoms with van der Waals surface area (Å²) in [4.78, 5) is 24.1. The van der Waals surface area contributed by atoms with Crippen molar-refractivity contribution < 1.29 is 0 Å². The van der Waals surface area contributed by atoms with Gasteiger partial charge in [-0.3, -0.25) is 9.59 Å². The number of rotatable bonds is 4. The van der Waals surface area contributed by atoms with Gasteiger partial charge in [0.15, 0.2) is 0 Å². The van der Waals surface area contributed by atoms with E-state index in [0.29, 0.717) is 29.1 Å². The molecule has 1 N–H and O–H groups in total. The average molecular weight is 311 g/mol. The van der Waals surface area contributed by atoms with Crippen LogP contribution in [0.25, 0.3) is 11.1 Å². The van der Waals surface area contributed by atoms with Gasteiger partial charge in [-0.1, -0.05) is 57.9 Å². The molecule has 0 spiro atoms. The minimum Gasteiger partial charge on any atom is -0.378 e. The fourth-order valence-corrected chi connectivity index (χ4v) is 3.56. The normalized spacial score (nSPS) is 21.7. The number of benzene rings is 1. The van der Waals surface area contributed by atoms with Crippen LogP contribution >= 0.6 is 0 Å². The monoisotopic (exact) mass is 311 g/mol. The molecule has 0 aliphatic heterocycles. The van der Waals surface area contributed by atoms with Crippen molar-refractivity contribution in [2.75, 3.05) is 5.32 Å². The molecule has 23 heavy (non-hydrogen) atoms. The minimum atomic E-state index is -0.356. The molecule has 0 bridgehead atoms. The topological polar surface area (TPSA) is 46.2 Å². The standard InChI is InChI=1S/C20H25NO2/c1-12(2)14-8-10-15(11-9-14)17-18(20(23)19(17)22)21-16-7-5-4-6-13(16)3/h8-13,16,21H,4-7H2,1-3H3. The first kappa shape index (κ1) is 16.0. The fraction of sp³-hybridized carbons (Fsp3) is 0.500. The van der Waals surface area contributed by atoms with Crippen LogP contribution < -0.4 is 16.2 Å². The van der Waals surface area contributed by atoms with E-state index < -0.39 is 0 Å². The molecule has 122 valence electrons. The molecule has 0 saturated heterocycles. The zero-order chi connectivity index (χ0) is 16.6. The molecule has 2 aromatic carbocycles. The third-order valence-electron chi connectivity index (χ3n) is 5.22. The van der Waals surface area contributed by atoms with Crippen LogP contribution in [0.5, 0.6) is 0 Å². The van der Waals surface area contributed by atoms with Crippen LogP contribution in [-0.2, 0) is 0 Å². The minimum absolute atomic E-state index is 0.306. The van der Waals surface area contributed by atoms with Crippen molar-refractivity contribution in [1.82, 2.24) is 0 Å². The maximum Gasteiger partial charge on any atom is 0.250 e. The van der Waals surface area contributed by atoms with E-state index in [0.717, 1.165) is 12.0 Å². The van der Waals surface area contributed by atoms with Gasteiger partial charge in [-0.25, -0.2) is 0 Å². The van der Waals surface area contributed by atoms with E-state index in [1.165, 1.54) is 24.8 Å². The summed E-state index contributed by atoms with van der Waals surface area (Å²) in [6.45, 7) is 6.51. The van der Waals surface area contributed by atoms with E-state index in [-0.39, 0.29) is 10.9 Å². The van der Waals surface area contributed by atoms with Gasteiger partial charge in [-0.2, -0.15) is 0 Å². The Labute approximate surface area is 137 Å². The van der Waals surface area contributed by atoms with Gasteiger partial charge in [0.05, 0.1) is 11.3 Å². The third-order valence-corrected chi connectivity index (χ3v) is 5.22. The van der Waals surface area contributed by atoms with Gasteiger partial charge in [-0.15, -0.1) is 0 Å². The molecule has 1 aliphatic rings. The summed E-state index contributed by atoms with van der Waals surface area (Å²) in [6.07, 6.45) is 4.71. The van der Waals surface area contributed by atoms with Crippen LogP contribution in [0, 0.1) is 5.92 Å². The Morgan fingerprint density at radius 2 is 1.65 bits per heavy atom. The highest BCUT2D eigenvalue weighted by Crippen LogP contribution is 2.30.